The smallest absolute Gasteiger partial charge is 0.219 e. The first-order valence-corrected chi connectivity index (χ1v) is 10.3. The molecule has 0 aliphatic rings. The van der Waals surface area contributed by atoms with Crippen LogP contribution in [-0.2, 0) is 0 Å². The fraction of sp³-hybridized carbons (Fsp3) is 0.273. The summed E-state index contributed by atoms with van der Waals surface area (Å²) in [5.74, 6) is 2.05. The van der Waals surface area contributed by atoms with Gasteiger partial charge in [0, 0.05) is 35.7 Å². The summed E-state index contributed by atoms with van der Waals surface area (Å²) in [6.45, 7) is 8.30. The van der Waals surface area contributed by atoms with Crippen LogP contribution in [0, 0.1) is 19.8 Å². The van der Waals surface area contributed by atoms with Crippen LogP contribution in [0.4, 0.5) is 5.69 Å². The van der Waals surface area contributed by atoms with E-state index in [9.17, 15) is 0 Å². The van der Waals surface area contributed by atoms with E-state index in [1.54, 1.807) is 7.05 Å². The molecule has 1 N–H and O–H groups in total. The van der Waals surface area contributed by atoms with Crippen LogP contribution in [0.3, 0.4) is 0 Å². The standard InChI is InChI=1S/C22H24ClN3OS/c1-13(2)21(24-5)25-17-11-15(4)18(12-14(17)3)27-22-19(23)20(26-28-22)16-9-7-6-8-10-16/h6-13H,1-5H3,(H,24,25). The second kappa shape index (κ2) is 8.76. The highest BCUT2D eigenvalue weighted by atomic mass is 35.5. The summed E-state index contributed by atoms with van der Waals surface area (Å²) in [4.78, 5) is 4.34. The van der Waals surface area contributed by atoms with Gasteiger partial charge < -0.3 is 10.1 Å². The maximum absolute atomic E-state index is 6.55. The van der Waals surface area contributed by atoms with Crippen LogP contribution >= 0.6 is 23.1 Å². The highest BCUT2D eigenvalue weighted by Crippen LogP contribution is 2.42. The predicted molar refractivity (Wildman–Crippen MR) is 120 cm³/mol. The number of aromatic nitrogens is 1. The largest absolute Gasteiger partial charge is 0.443 e. The Kier molecular flexibility index (Phi) is 6.37. The maximum atomic E-state index is 6.55. The summed E-state index contributed by atoms with van der Waals surface area (Å²) >= 11 is 7.81. The molecule has 1 aromatic heterocycles. The van der Waals surface area contributed by atoms with E-state index in [0.29, 0.717) is 16.0 Å². The van der Waals surface area contributed by atoms with E-state index in [2.05, 4.69) is 34.6 Å². The van der Waals surface area contributed by atoms with E-state index in [1.807, 2.05) is 50.2 Å². The number of amidine groups is 1. The van der Waals surface area contributed by atoms with Crippen LogP contribution in [0.25, 0.3) is 11.3 Å². The van der Waals surface area contributed by atoms with Crippen LogP contribution in [0.15, 0.2) is 47.5 Å². The average Bonchev–Trinajstić information content (AvgIpc) is 3.04. The summed E-state index contributed by atoms with van der Waals surface area (Å²) in [5, 5.41) is 4.56. The quantitative estimate of drug-likeness (QED) is 0.363. The van der Waals surface area contributed by atoms with E-state index >= 15 is 0 Å². The number of hydrogen-bond acceptors (Lipinski definition) is 4. The van der Waals surface area contributed by atoms with Gasteiger partial charge in [-0.05, 0) is 37.1 Å². The van der Waals surface area contributed by atoms with Crippen molar-refractivity contribution in [2.75, 3.05) is 12.4 Å². The van der Waals surface area contributed by atoms with Crippen molar-refractivity contribution in [2.45, 2.75) is 27.7 Å². The van der Waals surface area contributed by atoms with Gasteiger partial charge in [0.2, 0.25) is 5.06 Å². The molecule has 0 saturated heterocycles. The topological polar surface area (TPSA) is 46.5 Å². The lowest BCUT2D eigenvalue weighted by molar-refractivity contribution is 0.492. The minimum absolute atomic E-state index is 0.327. The molecule has 0 bridgehead atoms. The fourth-order valence-corrected chi connectivity index (χ4v) is 3.85. The fourth-order valence-electron chi connectivity index (χ4n) is 2.83. The highest BCUT2D eigenvalue weighted by Gasteiger charge is 2.17. The van der Waals surface area contributed by atoms with Crippen molar-refractivity contribution in [3.05, 3.63) is 58.6 Å². The number of aryl methyl sites for hydroxylation is 2. The molecule has 28 heavy (non-hydrogen) atoms. The third-order valence-corrected chi connectivity index (χ3v) is 5.62. The molecule has 6 heteroatoms. The Morgan fingerprint density at radius 3 is 2.50 bits per heavy atom. The minimum Gasteiger partial charge on any atom is -0.443 e. The van der Waals surface area contributed by atoms with Gasteiger partial charge in [-0.25, -0.2) is 0 Å². The zero-order valence-electron chi connectivity index (χ0n) is 16.7. The van der Waals surface area contributed by atoms with Crippen molar-refractivity contribution >= 4 is 34.7 Å². The number of anilines is 1. The van der Waals surface area contributed by atoms with E-state index in [1.165, 1.54) is 11.5 Å². The van der Waals surface area contributed by atoms with Gasteiger partial charge in [-0.1, -0.05) is 55.8 Å². The third-order valence-electron chi connectivity index (χ3n) is 4.43. The predicted octanol–water partition coefficient (Wildman–Crippen LogP) is 6.97. The van der Waals surface area contributed by atoms with Crippen molar-refractivity contribution in [3.63, 3.8) is 0 Å². The van der Waals surface area contributed by atoms with E-state index < -0.39 is 0 Å². The molecule has 0 fully saturated rings. The normalized spacial score (nSPS) is 11.8. The van der Waals surface area contributed by atoms with Gasteiger partial charge in [0.15, 0.2) is 0 Å². The molecule has 0 saturated carbocycles. The zero-order valence-corrected chi connectivity index (χ0v) is 18.3. The first-order valence-electron chi connectivity index (χ1n) is 9.14. The number of aliphatic imine (C=N–C) groups is 1. The van der Waals surface area contributed by atoms with Gasteiger partial charge in [-0.15, -0.1) is 0 Å². The molecule has 2 aromatic carbocycles. The number of rotatable bonds is 5. The molecule has 0 aliphatic heterocycles. The van der Waals surface area contributed by atoms with E-state index in [4.69, 9.17) is 16.3 Å². The van der Waals surface area contributed by atoms with Gasteiger partial charge >= 0.3 is 0 Å². The Morgan fingerprint density at radius 1 is 1.14 bits per heavy atom. The molecule has 1 heterocycles. The van der Waals surface area contributed by atoms with Gasteiger partial charge in [0.05, 0.1) is 0 Å². The van der Waals surface area contributed by atoms with Crippen LogP contribution in [0.5, 0.6) is 10.8 Å². The number of nitrogens with zero attached hydrogens (tertiary/aromatic N) is 2. The van der Waals surface area contributed by atoms with Crippen molar-refractivity contribution in [1.29, 1.82) is 0 Å². The minimum atomic E-state index is 0.327. The molecule has 0 radical (unpaired) electrons. The van der Waals surface area contributed by atoms with Gasteiger partial charge in [-0.2, -0.15) is 4.37 Å². The summed E-state index contributed by atoms with van der Waals surface area (Å²) < 4.78 is 10.6. The molecule has 0 aliphatic carbocycles. The summed E-state index contributed by atoms with van der Waals surface area (Å²) in [7, 11) is 1.80. The molecular weight excluding hydrogens is 390 g/mol. The first-order chi connectivity index (χ1) is 13.4. The van der Waals surface area contributed by atoms with Gasteiger partial charge in [0.1, 0.15) is 22.3 Å². The second-order valence-corrected chi connectivity index (χ2v) is 8.04. The molecule has 3 aromatic rings. The Morgan fingerprint density at radius 2 is 1.86 bits per heavy atom. The maximum Gasteiger partial charge on any atom is 0.219 e. The lowest BCUT2D eigenvalue weighted by Crippen LogP contribution is -2.19. The van der Waals surface area contributed by atoms with Crippen LogP contribution in [-0.4, -0.2) is 17.3 Å². The lowest BCUT2D eigenvalue weighted by Gasteiger charge is -2.17. The Hall–Kier alpha value is -2.37. The van der Waals surface area contributed by atoms with Crippen molar-refractivity contribution in [2.24, 2.45) is 10.9 Å². The lowest BCUT2D eigenvalue weighted by atomic mass is 10.1. The number of benzene rings is 2. The van der Waals surface area contributed by atoms with E-state index in [0.717, 1.165) is 39.7 Å². The molecule has 3 rings (SSSR count). The van der Waals surface area contributed by atoms with Crippen LogP contribution in [0.2, 0.25) is 5.02 Å². The second-order valence-electron chi connectivity index (χ2n) is 6.92. The molecule has 146 valence electrons. The summed E-state index contributed by atoms with van der Waals surface area (Å²) in [5.41, 5.74) is 4.84. The Balaban J connectivity index is 1.86. The number of nitrogens with one attached hydrogen (secondary N) is 1. The average molecular weight is 414 g/mol. The Bertz CT molecular complexity index is 997. The monoisotopic (exact) mass is 413 g/mol. The Labute approximate surface area is 175 Å². The number of ether oxygens (including phenoxy) is 1. The van der Waals surface area contributed by atoms with Crippen molar-refractivity contribution in [3.8, 4) is 22.1 Å². The van der Waals surface area contributed by atoms with Crippen LogP contribution in [0.1, 0.15) is 25.0 Å². The van der Waals surface area contributed by atoms with Crippen LogP contribution < -0.4 is 10.1 Å². The molecular formula is C22H24ClN3OS. The molecule has 0 atom stereocenters. The third kappa shape index (κ3) is 4.37. The van der Waals surface area contributed by atoms with Gasteiger partial charge in [0.25, 0.3) is 0 Å². The highest BCUT2D eigenvalue weighted by molar-refractivity contribution is 7.08. The molecule has 0 amide bonds. The van der Waals surface area contributed by atoms with E-state index in [-0.39, 0.29) is 0 Å². The first kappa shape index (κ1) is 20.4. The van der Waals surface area contributed by atoms with Gasteiger partial charge in [-0.3, -0.25) is 4.99 Å². The SMILES string of the molecule is CN=C(Nc1cc(C)c(Oc2snc(-c3ccccc3)c2Cl)cc1C)C(C)C. The molecule has 0 spiro atoms. The van der Waals surface area contributed by atoms with Crippen molar-refractivity contribution in [1.82, 2.24) is 4.37 Å². The summed E-state index contributed by atoms with van der Waals surface area (Å²) in [6, 6.07) is 14.0. The zero-order chi connectivity index (χ0) is 20.3. The molecule has 0 unspecified atom stereocenters. The number of hydrogen-bond donors (Lipinski definition) is 1. The summed E-state index contributed by atoms with van der Waals surface area (Å²) in [6.07, 6.45) is 0. The van der Waals surface area contributed by atoms with Crippen molar-refractivity contribution < 1.29 is 4.74 Å². The number of halogens is 1. The molecule has 4 nitrogen and oxygen atoms in total.